The maximum atomic E-state index is 11.4. The average Bonchev–Trinajstić information content (AvgIpc) is 2.27. The van der Waals surface area contributed by atoms with E-state index in [1.807, 2.05) is 30.3 Å². The van der Waals surface area contributed by atoms with Crippen molar-refractivity contribution in [3.63, 3.8) is 0 Å². The highest BCUT2D eigenvalue weighted by molar-refractivity contribution is 5.76. The van der Waals surface area contributed by atoms with Crippen LogP contribution in [0.15, 0.2) is 30.3 Å². The molecule has 0 saturated heterocycles. The average molecular weight is 237 g/mol. The van der Waals surface area contributed by atoms with Gasteiger partial charge in [0.25, 0.3) is 0 Å². The van der Waals surface area contributed by atoms with Gasteiger partial charge in [-0.05, 0) is 26.0 Å². The molecule has 0 aliphatic carbocycles. The van der Waals surface area contributed by atoms with Crippen LogP contribution >= 0.6 is 0 Å². The third-order valence-electron chi connectivity index (χ3n) is 2.06. The summed E-state index contributed by atoms with van der Waals surface area (Å²) in [5.74, 6) is 0.630. The Morgan fingerprint density at radius 2 is 2.00 bits per heavy atom. The van der Waals surface area contributed by atoms with Crippen molar-refractivity contribution >= 4 is 5.91 Å². The van der Waals surface area contributed by atoms with E-state index >= 15 is 0 Å². The number of hydrogen-bond donors (Lipinski definition) is 2. The Morgan fingerprint density at radius 1 is 1.35 bits per heavy atom. The molecule has 4 heteroatoms. The topological polar surface area (TPSA) is 58.6 Å². The summed E-state index contributed by atoms with van der Waals surface area (Å²) >= 11 is 0. The fourth-order valence-corrected chi connectivity index (χ4v) is 1.18. The second-order valence-corrected chi connectivity index (χ2v) is 4.50. The van der Waals surface area contributed by atoms with Gasteiger partial charge in [0.05, 0.1) is 18.6 Å². The van der Waals surface area contributed by atoms with E-state index in [2.05, 4.69) is 5.32 Å². The zero-order valence-corrected chi connectivity index (χ0v) is 10.3. The van der Waals surface area contributed by atoms with E-state index in [1.165, 1.54) is 0 Å². The molecule has 0 fully saturated rings. The molecule has 0 spiro atoms. The van der Waals surface area contributed by atoms with E-state index in [0.717, 1.165) is 5.75 Å². The number of aliphatic hydroxyl groups is 1. The van der Waals surface area contributed by atoms with E-state index in [4.69, 9.17) is 4.74 Å². The van der Waals surface area contributed by atoms with Crippen LogP contribution in [0.3, 0.4) is 0 Å². The molecule has 1 rings (SSSR count). The van der Waals surface area contributed by atoms with Gasteiger partial charge >= 0.3 is 0 Å². The molecule has 0 bridgehead atoms. The zero-order chi connectivity index (χ0) is 12.7. The highest BCUT2D eigenvalue weighted by Gasteiger charge is 2.13. The summed E-state index contributed by atoms with van der Waals surface area (Å²) in [4.78, 5) is 11.4. The van der Waals surface area contributed by atoms with Crippen LogP contribution in [0.5, 0.6) is 5.75 Å². The smallest absolute Gasteiger partial charge is 0.223 e. The SMILES string of the molecule is CC(C)(O)CNC(=O)CCOc1ccccc1. The maximum absolute atomic E-state index is 11.4. The molecular formula is C13H19NO3. The first kappa shape index (κ1) is 13.5. The lowest BCUT2D eigenvalue weighted by atomic mass is 10.1. The lowest BCUT2D eigenvalue weighted by Crippen LogP contribution is -2.38. The number of hydrogen-bond acceptors (Lipinski definition) is 3. The minimum absolute atomic E-state index is 0.122. The van der Waals surface area contributed by atoms with Crippen molar-refractivity contribution < 1.29 is 14.6 Å². The molecule has 0 atom stereocenters. The highest BCUT2D eigenvalue weighted by atomic mass is 16.5. The van der Waals surface area contributed by atoms with Crippen LogP contribution in [0.1, 0.15) is 20.3 Å². The molecule has 1 amide bonds. The molecular weight excluding hydrogens is 218 g/mol. The van der Waals surface area contributed by atoms with Crippen LogP contribution in [0.4, 0.5) is 0 Å². The van der Waals surface area contributed by atoms with E-state index in [0.29, 0.717) is 6.61 Å². The summed E-state index contributed by atoms with van der Waals surface area (Å²) in [7, 11) is 0. The van der Waals surface area contributed by atoms with Crippen molar-refractivity contribution in [1.29, 1.82) is 0 Å². The van der Waals surface area contributed by atoms with Crippen LogP contribution < -0.4 is 10.1 Å². The Morgan fingerprint density at radius 3 is 2.59 bits per heavy atom. The number of ether oxygens (including phenoxy) is 1. The Labute approximate surface area is 102 Å². The Balaban J connectivity index is 2.17. The molecule has 17 heavy (non-hydrogen) atoms. The second kappa shape index (κ2) is 6.25. The number of amides is 1. The molecule has 1 aromatic carbocycles. The van der Waals surface area contributed by atoms with Crippen molar-refractivity contribution in [2.24, 2.45) is 0 Å². The molecule has 4 nitrogen and oxygen atoms in total. The van der Waals surface area contributed by atoms with Gasteiger partial charge in [0.1, 0.15) is 5.75 Å². The first-order valence-corrected chi connectivity index (χ1v) is 5.64. The number of carbonyl (C=O) groups is 1. The predicted octanol–water partition coefficient (Wildman–Crippen LogP) is 1.34. The summed E-state index contributed by atoms with van der Waals surface area (Å²) < 4.78 is 5.39. The van der Waals surface area contributed by atoms with E-state index in [1.54, 1.807) is 13.8 Å². The lowest BCUT2D eigenvalue weighted by molar-refractivity contribution is -0.122. The number of rotatable bonds is 6. The standard InChI is InChI=1S/C13H19NO3/c1-13(2,16)10-14-12(15)8-9-17-11-6-4-3-5-7-11/h3-7,16H,8-10H2,1-2H3,(H,14,15). The molecule has 94 valence electrons. The van der Waals surface area contributed by atoms with Gasteiger partial charge in [-0.25, -0.2) is 0 Å². The van der Waals surface area contributed by atoms with E-state index < -0.39 is 5.60 Å². The van der Waals surface area contributed by atoms with Crippen molar-refractivity contribution in [2.75, 3.05) is 13.2 Å². The van der Waals surface area contributed by atoms with Gasteiger partial charge in [0.2, 0.25) is 5.91 Å². The monoisotopic (exact) mass is 237 g/mol. The molecule has 0 unspecified atom stereocenters. The lowest BCUT2D eigenvalue weighted by Gasteiger charge is -2.17. The van der Waals surface area contributed by atoms with Crippen molar-refractivity contribution in [1.82, 2.24) is 5.32 Å². The van der Waals surface area contributed by atoms with Gasteiger partial charge in [-0.15, -0.1) is 0 Å². The largest absolute Gasteiger partial charge is 0.493 e. The Bertz CT molecular complexity index is 343. The molecule has 0 heterocycles. The van der Waals surface area contributed by atoms with Gasteiger partial charge in [-0.1, -0.05) is 18.2 Å². The predicted molar refractivity (Wildman–Crippen MR) is 65.9 cm³/mol. The van der Waals surface area contributed by atoms with E-state index in [9.17, 15) is 9.90 Å². The van der Waals surface area contributed by atoms with Gasteiger partial charge < -0.3 is 15.2 Å². The second-order valence-electron chi connectivity index (χ2n) is 4.50. The summed E-state index contributed by atoms with van der Waals surface area (Å²) in [6.07, 6.45) is 0.283. The number of carbonyl (C=O) groups excluding carboxylic acids is 1. The Hall–Kier alpha value is -1.55. The summed E-state index contributed by atoms with van der Waals surface area (Å²) in [6, 6.07) is 9.35. The highest BCUT2D eigenvalue weighted by Crippen LogP contribution is 2.08. The molecule has 0 aliphatic rings. The first-order valence-electron chi connectivity index (χ1n) is 5.64. The van der Waals surface area contributed by atoms with Gasteiger partial charge in [0.15, 0.2) is 0 Å². The van der Waals surface area contributed by atoms with E-state index in [-0.39, 0.29) is 18.9 Å². The number of nitrogens with one attached hydrogen (secondary N) is 1. The summed E-state index contributed by atoms with van der Waals surface area (Å²) in [5, 5.41) is 12.1. The van der Waals surface area contributed by atoms with Crippen molar-refractivity contribution in [3.05, 3.63) is 30.3 Å². The van der Waals surface area contributed by atoms with Gasteiger partial charge in [-0.2, -0.15) is 0 Å². The van der Waals surface area contributed by atoms with Crippen LogP contribution in [-0.4, -0.2) is 29.8 Å². The third-order valence-corrected chi connectivity index (χ3v) is 2.06. The normalized spacial score (nSPS) is 11.0. The van der Waals surface area contributed by atoms with Crippen molar-refractivity contribution in [2.45, 2.75) is 25.9 Å². The van der Waals surface area contributed by atoms with Crippen LogP contribution in [0.25, 0.3) is 0 Å². The van der Waals surface area contributed by atoms with Gasteiger partial charge in [-0.3, -0.25) is 4.79 Å². The summed E-state index contributed by atoms with van der Waals surface area (Å²) in [5.41, 5.74) is -0.879. The third kappa shape index (κ3) is 6.58. The van der Waals surface area contributed by atoms with Crippen LogP contribution in [0, 0.1) is 0 Å². The molecule has 0 aromatic heterocycles. The van der Waals surface area contributed by atoms with Gasteiger partial charge in [0, 0.05) is 6.54 Å². The van der Waals surface area contributed by atoms with Crippen LogP contribution in [0.2, 0.25) is 0 Å². The minimum atomic E-state index is -0.879. The fraction of sp³-hybridized carbons (Fsp3) is 0.462. The number of benzene rings is 1. The summed E-state index contributed by atoms with van der Waals surface area (Å²) in [6.45, 7) is 3.88. The molecule has 2 N–H and O–H groups in total. The molecule has 0 radical (unpaired) electrons. The molecule has 1 aromatic rings. The Kier molecular flexibility index (Phi) is 4.97. The quantitative estimate of drug-likeness (QED) is 0.785. The zero-order valence-electron chi connectivity index (χ0n) is 10.3. The van der Waals surface area contributed by atoms with Crippen LogP contribution in [-0.2, 0) is 4.79 Å². The van der Waals surface area contributed by atoms with Crippen molar-refractivity contribution in [3.8, 4) is 5.75 Å². The fourth-order valence-electron chi connectivity index (χ4n) is 1.18. The maximum Gasteiger partial charge on any atom is 0.223 e. The molecule has 0 aliphatic heterocycles. The minimum Gasteiger partial charge on any atom is -0.493 e. The first-order chi connectivity index (χ1) is 7.97. The number of para-hydroxylation sites is 1. The molecule has 0 saturated carbocycles.